The van der Waals surface area contributed by atoms with E-state index in [1.165, 1.54) is 27.7 Å². The van der Waals surface area contributed by atoms with Gasteiger partial charge in [0.1, 0.15) is 5.69 Å². The van der Waals surface area contributed by atoms with Crippen LogP contribution in [0, 0.1) is 0 Å². The number of aryl methyl sites for hydroxylation is 1. The zero-order valence-corrected chi connectivity index (χ0v) is 19.5. The predicted octanol–water partition coefficient (Wildman–Crippen LogP) is 4.56. The average Bonchev–Trinajstić information content (AvgIpc) is 3.56. The van der Waals surface area contributed by atoms with Crippen LogP contribution < -0.4 is 0 Å². The van der Waals surface area contributed by atoms with Crippen molar-refractivity contribution in [2.75, 3.05) is 0 Å². The first-order valence-electron chi connectivity index (χ1n) is 10.7. The Kier molecular flexibility index (Phi) is 5.64. The molecule has 0 spiro atoms. The Hall–Kier alpha value is -3.64. The molecule has 0 saturated heterocycles. The maximum absolute atomic E-state index is 13.4. The molecule has 1 atom stereocenters. The highest BCUT2D eigenvalue weighted by atomic mass is 32.1. The lowest BCUT2D eigenvalue weighted by atomic mass is 9.96. The zero-order chi connectivity index (χ0) is 24.8. The molecule has 0 aliphatic carbocycles. The number of tetrazole rings is 1. The number of benzene rings is 2. The van der Waals surface area contributed by atoms with Gasteiger partial charge >= 0.3 is 6.18 Å². The van der Waals surface area contributed by atoms with Crippen molar-refractivity contribution in [3.05, 3.63) is 66.0 Å². The number of rotatable bonds is 6. The molecule has 3 heterocycles. The second-order valence-electron chi connectivity index (χ2n) is 8.12. The molecule has 0 saturated carbocycles. The van der Waals surface area contributed by atoms with Gasteiger partial charge in [-0.3, -0.25) is 0 Å². The molecule has 1 N–H and O–H groups in total. The van der Waals surface area contributed by atoms with E-state index in [0.717, 1.165) is 37.9 Å². The van der Waals surface area contributed by atoms with Crippen molar-refractivity contribution < 1.29 is 18.3 Å². The molecule has 12 heteroatoms. The Morgan fingerprint density at radius 2 is 1.80 bits per heavy atom. The highest BCUT2D eigenvalue weighted by Crippen LogP contribution is 2.44. The molecule has 0 fully saturated rings. The van der Waals surface area contributed by atoms with Crippen LogP contribution in [0.3, 0.4) is 0 Å². The van der Waals surface area contributed by atoms with Crippen LogP contribution in [-0.4, -0.2) is 46.5 Å². The van der Waals surface area contributed by atoms with Crippen LogP contribution in [0.25, 0.3) is 31.9 Å². The highest BCUT2D eigenvalue weighted by molar-refractivity contribution is 7.23. The van der Waals surface area contributed by atoms with E-state index in [2.05, 4.69) is 25.7 Å². The zero-order valence-electron chi connectivity index (χ0n) is 18.7. The molecule has 2 aromatic carbocycles. The second kappa shape index (κ2) is 8.54. The number of hydrogen-bond acceptors (Lipinski definition) is 7. The molecule has 0 radical (unpaired) electrons. The quantitative estimate of drug-likeness (QED) is 0.368. The third-order valence-electron chi connectivity index (χ3n) is 5.82. The predicted molar refractivity (Wildman–Crippen MR) is 124 cm³/mol. The average molecular weight is 500 g/mol. The van der Waals surface area contributed by atoms with Gasteiger partial charge in [0.2, 0.25) is 11.4 Å². The first kappa shape index (κ1) is 23.1. The van der Waals surface area contributed by atoms with Crippen LogP contribution in [-0.2, 0) is 19.2 Å². The number of fused-ring (bicyclic) bond motifs is 1. The van der Waals surface area contributed by atoms with Crippen molar-refractivity contribution in [3.8, 4) is 21.8 Å². The van der Waals surface area contributed by atoms with Crippen LogP contribution in [0.4, 0.5) is 13.2 Å². The maximum atomic E-state index is 13.4. The van der Waals surface area contributed by atoms with Crippen LogP contribution >= 0.6 is 11.3 Å². The molecular weight excluding hydrogens is 479 g/mol. The van der Waals surface area contributed by atoms with Gasteiger partial charge in [-0.05, 0) is 28.8 Å². The standard InChI is InChI=1S/C23H20F3N7OS/c1-3-22(34,23(24,25)26)18-13-33(31-27-18)12-14-9-10-16-17(11-14)35-20(21-28-30-32(2)29-21)19(16)15-7-5-4-6-8-15/h4-11,13,34H,3,12H2,1-2H3. The van der Waals surface area contributed by atoms with Gasteiger partial charge in [-0.15, -0.1) is 26.6 Å². The van der Waals surface area contributed by atoms with Crippen molar-refractivity contribution in [3.63, 3.8) is 0 Å². The van der Waals surface area contributed by atoms with E-state index in [1.807, 2.05) is 48.5 Å². The number of alkyl halides is 3. The van der Waals surface area contributed by atoms with Gasteiger partial charge < -0.3 is 5.11 Å². The van der Waals surface area contributed by atoms with Crippen LogP contribution in [0.5, 0.6) is 0 Å². The molecular formula is C23H20F3N7OS. The van der Waals surface area contributed by atoms with Gasteiger partial charge in [-0.1, -0.05) is 54.6 Å². The molecule has 8 nitrogen and oxygen atoms in total. The first-order valence-corrected chi connectivity index (χ1v) is 11.6. The summed E-state index contributed by atoms with van der Waals surface area (Å²) in [7, 11) is 1.70. The third kappa shape index (κ3) is 4.08. The number of aliphatic hydroxyl groups is 1. The van der Waals surface area contributed by atoms with E-state index in [-0.39, 0.29) is 6.54 Å². The normalized spacial score (nSPS) is 13.9. The smallest absolute Gasteiger partial charge is 0.375 e. The fraction of sp³-hybridized carbons (Fsp3) is 0.261. The number of nitrogens with zero attached hydrogens (tertiary/aromatic N) is 7. The summed E-state index contributed by atoms with van der Waals surface area (Å²) in [5.74, 6) is 0.515. The molecule has 180 valence electrons. The van der Waals surface area contributed by atoms with Crippen molar-refractivity contribution in [2.45, 2.75) is 31.7 Å². The van der Waals surface area contributed by atoms with Gasteiger partial charge in [-0.2, -0.15) is 18.0 Å². The molecule has 0 bridgehead atoms. The van der Waals surface area contributed by atoms with E-state index in [9.17, 15) is 18.3 Å². The van der Waals surface area contributed by atoms with Crippen molar-refractivity contribution in [1.82, 2.24) is 35.2 Å². The molecule has 5 aromatic rings. The number of aromatic nitrogens is 7. The summed E-state index contributed by atoms with van der Waals surface area (Å²) in [6.07, 6.45) is -4.27. The minimum atomic E-state index is -4.85. The lowest BCUT2D eigenvalue weighted by Gasteiger charge is -2.26. The molecule has 5 rings (SSSR count). The second-order valence-corrected chi connectivity index (χ2v) is 9.17. The summed E-state index contributed by atoms with van der Waals surface area (Å²) >= 11 is 1.51. The fourth-order valence-corrected chi connectivity index (χ4v) is 5.16. The van der Waals surface area contributed by atoms with Crippen molar-refractivity contribution in [1.29, 1.82) is 0 Å². The van der Waals surface area contributed by atoms with E-state index in [1.54, 1.807) is 7.05 Å². The van der Waals surface area contributed by atoms with Crippen LogP contribution in [0.15, 0.2) is 54.7 Å². The topological polar surface area (TPSA) is 94.5 Å². The summed E-state index contributed by atoms with van der Waals surface area (Å²) in [6, 6.07) is 15.7. The first-order chi connectivity index (χ1) is 16.7. The summed E-state index contributed by atoms with van der Waals surface area (Å²) in [5.41, 5.74) is -0.730. The van der Waals surface area contributed by atoms with Gasteiger partial charge in [0.15, 0.2) is 0 Å². The minimum Gasteiger partial charge on any atom is -0.375 e. The van der Waals surface area contributed by atoms with Gasteiger partial charge in [-0.25, -0.2) is 4.68 Å². The number of halogens is 3. The van der Waals surface area contributed by atoms with E-state index >= 15 is 0 Å². The monoisotopic (exact) mass is 499 g/mol. The Balaban J connectivity index is 1.53. The van der Waals surface area contributed by atoms with Crippen LogP contribution in [0.1, 0.15) is 24.6 Å². The summed E-state index contributed by atoms with van der Waals surface area (Å²) in [6.45, 7) is 1.45. The summed E-state index contributed by atoms with van der Waals surface area (Å²) in [4.78, 5) is 2.28. The summed E-state index contributed by atoms with van der Waals surface area (Å²) in [5, 5.41) is 31.1. The highest BCUT2D eigenvalue weighted by Gasteiger charge is 2.55. The Morgan fingerprint density at radius 1 is 1.03 bits per heavy atom. The minimum absolute atomic E-state index is 0.192. The van der Waals surface area contributed by atoms with E-state index < -0.39 is 23.9 Å². The summed E-state index contributed by atoms with van der Waals surface area (Å²) < 4.78 is 42.4. The van der Waals surface area contributed by atoms with Crippen molar-refractivity contribution in [2.24, 2.45) is 7.05 Å². The molecule has 3 aromatic heterocycles. The van der Waals surface area contributed by atoms with E-state index in [4.69, 9.17) is 0 Å². The van der Waals surface area contributed by atoms with Crippen molar-refractivity contribution >= 4 is 21.4 Å². The molecule has 1 unspecified atom stereocenters. The Bertz CT molecular complexity index is 1490. The van der Waals surface area contributed by atoms with E-state index in [0.29, 0.717) is 5.82 Å². The fourth-order valence-electron chi connectivity index (χ4n) is 3.94. The molecule has 0 aliphatic heterocycles. The Morgan fingerprint density at radius 3 is 2.46 bits per heavy atom. The molecule has 0 amide bonds. The van der Waals surface area contributed by atoms with Gasteiger partial charge in [0.25, 0.3) is 0 Å². The van der Waals surface area contributed by atoms with Crippen LogP contribution in [0.2, 0.25) is 0 Å². The van der Waals surface area contributed by atoms with Gasteiger partial charge in [0.05, 0.1) is 24.7 Å². The molecule has 0 aliphatic rings. The SMILES string of the molecule is CCC(O)(c1cn(Cc2ccc3c(-c4ccccc4)c(-c4nnn(C)n4)sc3c2)nn1)C(F)(F)F. The van der Waals surface area contributed by atoms with Gasteiger partial charge in [0, 0.05) is 15.6 Å². The molecule has 35 heavy (non-hydrogen) atoms. The number of hydrogen-bond donors (Lipinski definition) is 1. The lowest BCUT2D eigenvalue weighted by Crippen LogP contribution is -2.42. The maximum Gasteiger partial charge on any atom is 0.423 e. The third-order valence-corrected chi connectivity index (χ3v) is 6.96. The lowest BCUT2D eigenvalue weighted by molar-refractivity contribution is -0.269. The number of thiophene rings is 1. The Labute approximate surface area is 201 Å². The largest absolute Gasteiger partial charge is 0.423 e.